The van der Waals surface area contributed by atoms with E-state index in [9.17, 15) is 14.7 Å². The topological polar surface area (TPSA) is 94.3 Å². The summed E-state index contributed by atoms with van der Waals surface area (Å²) in [4.78, 5) is 25.9. The molecule has 0 aliphatic heterocycles. The van der Waals surface area contributed by atoms with Crippen LogP contribution in [0.15, 0.2) is 72.9 Å². The molecule has 7 heteroatoms. The van der Waals surface area contributed by atoms with E-state index in [1.54, 1.807) is 4.68 Å². The Balaban J connectivity index is 0.961. The summed E-state index contributed by atoms with van der Waals surface area (Å²) >= 11 is 0. The molecule has 0 bridgehead atoms. The summed E-state index contributed by atoms with van der Waals surface area (Å²) in [6.45, 7) is 19.7. The Morgan fingerprint density at radius 3 is 2.25 bits per heavy atom. The lowest BCUT2D eigenvalue weighted by Crippen LogP contribution is -2.67. The number of nitrogens with zero attached hydrogens (tertiary/aromatic N) is 3. The van der Waals surface area contributed by atoms with Crippen LogP contribution in [-0.4, -0.2) is 38.0 Å². The standard InChI is InChI=1S/C46H59N3O4/c1-29(2)34-19-24-46(41(51)52)26-25-44(6)35(39(34)46)17-18-37-43(5)22-21-38(42(3,4)36(43)20-23-45(37,44)7)53-28-32-27-49(48-47-32)33-15-13-31(14-16-33)40(50)30-11-9-8-10-12-30/h8-16,27,34-39H,1,17-26,28H2,2-7H3,(H,51,52)/t34-,35+,36-,37+,38-,39+,43-,44+,45+,46-/m0/s1. The maximum Gasteiger partial charge on any atom is 0.309 e. The van der Waals surface area contributed by atoms with Crippen LogP contribution in [0.4, 0.5) is 0 Å². The van der Waals surface area contributed by atoms with Crippen molar-refractivity contribution >= 4 is 11.8 Å². The number of carbonyl (C=O) groups is 2. The summed E-state index contributed by atoms with van der Waals surface area (Å²) in [5.74, 6) is 1.59. The van der Waals surface area contributed by atoms with Crippen LogP contribution in [0.3, 0.4) is 0 Å². The van der Waals surface area contributed by atoms with E-state index >= 15 is 0 Å². The van der Waals surface area contributed by atoms with Crippen LogP contribution in [0, 0.1) is 56.7 Å². The Morgan fingerprint density at radius 2 is 1.55 bits per heavy atom. The highest BCUT2D eigenvalue weighted by Gasteiger charge is 2.72. The molecular formula is C46H59N3O4. The first-order valence-electron chi connectivity index (χ1n) is 20.3. The molecule has 2 aromatic carbocycles. The van der Waals surface area contributed by atoms with Gasteiger partial charge >= 0.3 is 5.97 Å². The van der Waals surface area contributed by atoms with E-state index in [0.717, 1.165) is 56.3 Å². The van der Waals surface area contributed by atoms with Crippen molar-refractivity contribution in [3.05, 3.63) is 89.8 Å². The molecule has 0 radical (unpaired) electrons. The van der Waals surface area contributed by atoms with Crippen LogP contribution < -0.4 is 0 Å². The molecule has 8 rings (SSSR count). The minimum atomic E-state index is -0.575. The molecule has 1 heterocycles. The van der Waals surface area contributed by atoms with Gasteiger partial charge in [-0.25, -0.2) is 4.68 Å². The van der Waals surface area contributed by atoms with Gasteiger partial charge in [-0.3, -0.25) is 9.59 Å². The van der Waals surface area contributed by atoms with Crippen molar-refractivity contribution in [1.29, 1.82) is 0 Å². The molecule has 0 unspecified atom stereocenters. The van der Waals surface area contributed by atoms with E-state index in [4.69, 9.17) is 4.74 Å². The largest absolute Gasteiger partial charge is 0.481 e. The quantitative estimate of drug-likeness (QED) is 0.184. The first-order chi connectivity index (χ1) is 25.2. The second kappa shape index (κ2) is 12.7. The van der Waals surface area contributed by atoms with Gasteiger partial charge in [-0.2, -0.15) is 0 Å². The number of ether oxygens (including phenoxy) is 1. The Bertz CT molecular complexity index is 1900. The molecule has 53 heavy (non-hydrogen) atoms. The van der Waals surface area contributed by atoms with Crippen molar-refractivity contribution in [2.75, 3.05) is 0 Å². The lowest BCUT2D eigenvalue weighted by molar-refractivity contribution is -0.252. The fourth-order valence-corrected chi connectivity index (χ4v) is 14.0. The van der Waals surface area contributed by atoms with Gasteiger partial charge in [-0.05, 0) is 147 Å². The van der Waals surface area contributed by atoms with Gasteiger partial charge < -0.3 is 9.84 Å². The van der Waals surface area contributed by atoms with E-state index in [1.165, 1.54) is 24.8 Å². The number of aliphatic carboxylic acids is 1. The van der Waals surface area contributed by atoms with Crippen molar-refractivity contribution in [2.45, 2.75) is 118 Å². The smallest absolute Gasteiger partial charge is 0.309 e. The van der Waals surface area contributed by atoms with Crippen molar-refractivity contribution in [2.24, 2.45) is 56.7 Å². The zero-order chi connectivity index (χ0) is 37.6. The number of hydrogen-bond acceptors (Lipinski definition) is 5. The Morgan fingerprint density at radius 1 is 0.830 bits per heavy atom. The Kier molecular flexibility index (Phi) is 8.75. The number of fused-ring (bicyclic) bond motifs is 7. The third-order valence-electron chi connectivity index (χ3n) is 16.8. The predicted octanol–water partition coefficient (Wildman–Crippen LogP) is 10.1. The molecule has 1 aromatic heterocycles. The summed E-state index contributed by atoms with van der Waals surface area (Å²) in [6.07, 6.45) is 12.6. The van der Waals surface area contributed by atoms with Crippen molar-refractivity contribution in [3.8, 4) is 5.69 Å². The second-order valence-corrected chi connectivity index (χ2v) is 19.2. The predicted molar refractivity (Wildman–Crippen MR) is 206 cm³/mol. The van der Waals surface area contributed by atoms with Gasteiger partial charge in [-0.1, -0.05) is 82.3 Å². The van der Waals surface area contributed by atoms with Crippen LogP contribution >= 0.6 is 0 Å². The second-order valence-electron chi connectivity index (χ2n) is 19.2. The maximum atomic E-state index is 13.0. The van der Waals surface area contributed by atoms with E-state index in [-0.39, 0.29) is 39.5 Å². The molecule has 0 amide bonds. The van der Waals surface area contributed by atoms with Crippen molar-refractivity contribution in [3.63, 3.8) is 0 Å². The molecule has 5 aliphatic rings. The molecule has 5 aliphatic carbocycles. The van der Waals surface area contributed by atoms with Gasteiger partial charge in [0.15, 0.2) is 5.78 Å². The summed E-state index contributed by atoms with van der Waals surface area (Å²) in [5.41, 5.74) is 4.13. The Labute approximate surface area is 316 Å². The third kappa shape index (κ3) is 5.37. The van der Waals surface area contributed by atoms with E-state index in [0.29, 0.717) is 41.4 Å². The number of aromatic nitrogens is 3. The van der Waals surface area contributed by atoms with Crippen LogP contribution in [0.25, 0.3) is 5.69 Å². The minimum Gasteiger partial charge on any atom is -0.481 e. The summed E-state index contributed by atoms with van der Waals surface area (Å²) in [5, 5.41) is 19.6. The van der Waals surface area contributed by atoms with Crippen molar-refractivity contribution in [1.82, 2.24) is 15.0 Å². The average Bonchev–Trinajstić information content (AvgIpc) is 3.78. The number of allylic oxidation sites excluding steroid dienone is 1. The van der Waals surface area contributed by atoms with E-state index < -0.39 is 11.4 Å². The van der Waals surface area contributed by atoms with Gasteiger partial charge in [0.2, 0.25) is 0 Å². The van der Waals surface area contributed by atoms with Crippen LogP contribution in [0.5, 0.6) is 0 Å². The number of carboxylic acid groups (broad SMARTS) is 1. The molecule has 282 valence electrons. The van der Waals surface area contributed by atoms with E-state index in [2.05, 4.69) is 58.4 Å². The highest BCUT2D eigenvalue weighted by Crippen LogP contribution is 2.77. The molecule has 7 nitrogen and oxygen atoms in total. The lowest BCUT2D eigenvalue weighted by atomic mass is 9.32. The van der Waals surface area contributed by atoms with Gasteiger partial charge in [0.1, 0.15) is 5.69 Å². The number of carboxylic acids is 1. The fraction of sp³-hybridized carbons (Fsp3) is 0.609. The molecule has 1 N–H and O–H groups in total. The zero-order valence-electron chi connectivity index (χ0n) is 32.7. The fourth-order valence-electron chi connectivity index (χ4n) is 14.0. The SMILES string of the molecule is C=C(C)[C@@H]1CC[C@]2(C(=O)O)CC[C@]3(C)[C@H](CC[C@@H]4[C@@]5(C)CC[C@H](OCc6cn(-c7ccc(C(=O)c8ccccc8)cc7)nn6)C(C)(C)[C@@H]5CC[C@]43C)[C@@H]12. The van der Waals surface area contributed by atoms with Gasteiger partial charge in [0, 0.05) is 11.1 Å². The van der Waals surface area contributed by atoms with Gasteiger partial charge in [0.25, 0.3) is 0 Å². The molecule has 3 aromatic rings. The first-order valence-corrected chi connectivity index (χ1v) is 20.3. The maximum absolute atomic E-state index is 13.0. The Hall–Kier alpha value is -3.58. The molecule has 0 saturated heterocycles. The normalized spacial score (nSPS) is 38.5. The highest BCUT2D eigenvalue weighted by molar-refractivity contribution is 6.09. The van der Waals surface area contributed by atoms with Gasteiger partial charge in [-0.15, -0.1) is 5.10 Å². The summed E-state index contributed by atoms with van der Waals surface area (Å²) in [6, 6.07) is 16.8. The monoisotopic (exact) mass is 717 g/mol. The molecule has 5 saturated carbocycles. The van der Waals surface area contributed by atoms with Crippen LogP contribution in [0.1, 0.15) is 127 Å². The summed E-state index contributed by atoms with van der Waals surface area (Å²) in [7, 11) is 0. The number of carbonyl (C=O) groups excluding carboxylic acids is 1. The number of ketones is 1. The number of rotatable bonds is 8. The van der Waals surface area contributed by atoms with E-state index in [1.807, 2.05) is 60.8 Å². The minimum absolute atomic E-state index is 0.00193. The summed E-state index contributed by atoms with van der Waals surface area (Å²) < 4.78 is 8.54. The molecule has 5 fully saturated rings. The third-order valence-corrected chi connectivity index (χ3v) is 16.8. The average molecular weight is 718 g/mol. The van der Waals surface area contributed by atoms with Crippen LogP contribution in [-0.2, 0) is 16.1 Å². The van der Waals surface area contributed by atoms with Crippen LogP contribution in [0.2, 0.25) is 0 Å². The highest BCUT2D eigenvalue weighted by atomic mass is 16.5. The van der Waals surface area contributed by atoms with Crippen molar-refractivity contribution < 1.29 is 19.4 Å². The number of hydrogen-bond donors (Lipinski definition) is 1. The van der Waals surface area contributed by atoms with Gasteiger partial charge in [0.05, 0.1) is 30.0 Å². The molecule has 0 spiro atoms. The zero-order valence-corrected chi connectivity index (χ0v) is 32.7. The first kappa shape index (κ1) is 36.4. The lowest BCUT2D eigenvalue weighted by Gasteiger charge is -2.72. The molecule has 10 atom stereocenters. The molecular weight excluding hydrogens is 659 g/mol. The number of benzene rings is 2.